The zero-order valence-corrected chi connectivity index (χ0v) is 16.9. The second-order valence-electron chi connectivity index (χ2n) is 7.07. The van der Waals surface area contributed by atoms with Gasteiger partial charge < -0.3 is 15.5 Å². The van der Waals surface area contributed by atoms with Gasteiger partial charge in [-0.1, -0.05) is 60.7 Å². The van der Waals surface area contributed by atoms with Crippen molar-refractivity contribution in [1.82, 2.24) is 5.32 Å². The van der Waals surface area contributed by atoms with E-state index in [4.69, 9.17) is 0 Å². The maximum atomic E-state index is 12.6. The number of anilines is 2. The van der Waals surface area contributed by atoms with Crippen LogP contribution in [-0.2, 0) is 16.1 Å². The van der Waals surface area contributed by atoms with Crippen LogP contribution in [0.25, 0.3) is 11.1 Å². The average Bonchev–Trinajstić information content (AvgIpc) is 2.74. The van der Waals surface area contributed by atoms with Crippen molar-refractivity contribution in [2.75, 3.05) is 24.3 Å². The minimum Gasteiger partial charge on any atom is -0.378 e. The van der Waals surface area contributed by atoms with Crippen molar-refractivity contribution in [2.45, 2.75) is 13.5 Å². The number of carbonyl (C=O) groups is 2. The van der Waals surface area contributed by atoms with E-state index in [0.29, 0.717) is 12.2 Å². The van der Waals surface area contributed by atoms with Crippen LogP contribution in [0.4, 0.5) is 11.4 Å². The topological polar surface area (TPSA) is 61.4 Å². The van der Waals surface area contributed by atoms with Gasteiger partial charge in [-0.15, -0.1) is 0 Å². The highest BCUT2D eigenvalue weighted by Gasteiger charge is 2.18. The molecule has 0 bridgehead atoms. The average molecular weight is 387 g/mol. The molecule has 148 valence electrons. The first-order valence-electron chi connectivity index (χ1n) is 9.46. The Hall–Kier alpha value is -3.60. The standard InChI is InChI=1S/C24H25N3O2/c1-17-14-20(27(2)3)15-21(19-12-8-5-9-13-19)22(17)26-24(29)23(28)25-16-18-10-6-4-7-11-18/h4-15H,16H2,1-3H3,(H,25,28)(H,26,29). The number of nitrogens with zero attached hydrogens (tertiary/aromatic N) is 1. The molecule has 2 N–H and O–H groups in total. The number of carbonyl (C=O) groups excluding carboxylic acids is 2. The second-order valence-corrected chi connectivity index (χ2v) is 7.07. The Morgan fingerprint density at radius 1 is 0.862 bits per heavy atom. The van der Waals surface area contributed by atoms with Gasteiger partial charge in [0.2, 0.25) is 0 Å². The molecular weight excluding hydrogens is 362 g/mol. The van der Waals surface area contributed by atoms with Crippen molar-refractivity contribution < 1.29 is 9.59 Å². The van der Waals surface area contributed by atoms with Crippen molar-refractivity contribution >= 4 is 23.2 Å². The fourth-order valence-corrected chi connectivity index (χ4v) is 3.07. The van der Waals surface area contributed by atoms with Gasteiger partial charge in [-0.3, -0.25) is 9.59 Å². The highest BCUT2D eigenvalue weighted by Crippen LogP contribution is 2.34. The molecule has 0 heterocycles. The molecule has 5 nitrogen and oxygen atoms in total. The lowest BCUT2D eigenvalue weighted by Crippen LogP contribution is -2.35. The van der Waals surface area contributed by atoms with Gasteiger partial charge in [-0.2, -0.15) is 0 Å². The summed E-state index contributed by atoms with van der Waals surface area (Å²) in [6.45, 7) is 2.23. The van der Waals surface area contributed by atoms with Gasteiger partial charge >= 0.3 is 11.8 Å². The minimum atomic E-state index is -0.682. The van der Waals surface area contributed by atoms with E-state index >= 15 is 0 Å². The molecule has 0 radical (unpaired) electrons. The van der Waals surface area contributed by atoms with Crippen LogP contribution in [0.5, 0.6) is 0 Å². The molecule has 0 aliphatic heterocycles. The first-order valence-corrected chi connectivity index (χ1v) is 9.46. The van der Waals surface area contributed by atoms with Gasteiger partial charge in [0, 0.05) is 31.9 Å². The van der Waals surface area contributed by atoms with Crippen LogP contribution in [0.15, 0.2) is 72.8 Å². The molecule has 0 aromatic heterocycles. The van der Waals surface area contributed by atoms with Crippen LogP contribution in [0.1, 0.15) is 11.1 Å². The first-order chi connectivity index (χ1) is 14.0. The summed E-state index contributed by atoms with van der Waals surface area (Å²) >= 11 is 0. The summed E-state index contributed by atoms with van der Waals surface area (Å²) in [5.41, 5.74) is 5.33. The third kappa shape index (κ3) is 5.02. The van der Waals surface area contributed by atoms with E-state index in [9.17, 15) is 9.59 Å². The van der Waals surface area contributed by atoms with E-state index in [2.05, 4.69) is 10.6 Å². The Labute approximate surface area is 171 Å². The molecule has 0 aliphatic rings. The molecule has 0 aliphatic carbocycles. The molecule has 0 saturated heterocycles. The van der Waals surface area contributed by atoms with Crippen molar-refractivity contribution in [3.05, 3.63) is 83.9 Å². The van der Waals surface area contributed by atoms with Gasteiger partial charge in [0.1, 0.15) is 0 Å². The van der Waals surface area contributed by atoms with E-state index < -0.39 is 11.8 Å². The molecule has 0 saturated carbocycles. The van der Waals surface area contributed by atoms with E-state index in [1.807, 2.05) is 98.7 Å². The van der Waals surface area contributed by atoms with Crippen molar-refractivity contribution in [2.24, 2.45) is 0 Å². The van der Waals surface area contributed by atoms with E-state index in [0.717, 1.165) is 27.9 Å². The third-order valence-electron chi connectivity index (χ3n) is 4.66. The summed E-state index contributed by atoms with van der Waals surface area (Å²) in [5, 5.41) is 5.48. The number of benzene rings is 3. The van der Waals surface area contributed by atoms with Gasteiger partial charge in [0.05, 0.1) is 5.69 Å². The van der Waals surface area contributed by atoms with Gasteiger partial charge in [0.15, 0.2) is 0 Å². The molecule has 5 heteroatoms. The highest BCUT2D eigenvalue weighted by molar-refractivity contribution is 6.40. The molecule has 3 aromatic carbocycles. The van der Waals surface area contributed by atoms with Crippen LogP contribution in [0.3, 0.4) is 0 Å². The lowest BCUT2D eigenvalue weighted by Gasteiger charge is -2.20. The number of nitrogens with one attached hydrogen (secondary N) is 2. The zero-order valence-electron chi connectivity index (χ0n) is 16.9. The Morgan fingerprint density at radius 3 is 2.10 bits per heavy atom. The summed E-state index contributed by atoms with van der Waals surface area (Å²) in [6, 6.07) is 23.3. The van der Waals surface area contributed by atoms with Crippen molar-refractivity contribution in [1.29, 1.82) is 0 Å². The molecule has 0 spiro atoms. The SMILES string of the molecule is Cc1cc(N(C)C)cc(-c2ccccc2)c1NC(=O)C(=O)NCc1ccccc1. The minimum absolute atomic E-state index is 0.303. The first kappa shape index (κ1) is 20.1. The summed E-state index contributed by atoms with van der Waals surface area (Å²) in [4.78, 5) is 26.9. The Morgan fingerprint density at radius 2 is 1.48 bits per heavy atom. The molecular formula is C24H25N3O2. The molecule has 3 rings (SSSR count). The number of hydrogen-bond donors (Lipinski definition) is 2. The molecule has 0 atom stereocenters. The zero-order chi connectivity index (χ0) is 20.8. The Bertz CT molecular complexity index is 999. The normalized spacial score (nSPS) is 10.3. The van der Waals surface area contributed by atoms with Crippen LogP contribution in [0.2, 0.25) is 0 Å². The smallest absolute Gasteiger partial charge is 0.313 e. The Balaban J connectivity index is 1.84. The molecule has 2 amide bonds. The summed E-state index contributed by atoms with van der Waals surface area (Å²) in [6.07, 6.45) is 0. The maximum absolute atomic E-state index is 12.6. The fraction of sp³-hybridized carbons (Fsp3) is 0.167. The van der Waals surface area contributed by atoms with Crippen LogP contribution in [0, 0.1) is 6.92 Å². The summed E-state index contributed by atoms with van der Waals surface area (Å²) in [5.74, 6) is -1.34. The third-order valence-corrected chi connectivity index (χ3v) is 4.66. The monoisotopic (exact) mass is 387 g/mol. The van der Waals surface area contributed by atoms with Gasteiger partial charge in [0.25, 0.3) is 0 Å². The number of aryl methyl sites for hydroxylation is 1. The second kappa shape index (κ2) is 9.06. The van der Waals surface area contributed by atoms with Crippen LogP contribution < -0.4 is 15.5 Å². The number of hydrogen-bond acceptors (Lipinski definition) is 3. The predicted octanol–water partition coefficient (Wildman–Crippen LogP) is 3.98. The van der Waals surface area contributed by atoms with Crippen LogP contribution in [-0.4, -0.2) is 25.9 Å². The molecule has 0 fully saturated rings. The van der Waals surface area contributed by atoms with Gasteiger partial charge in [-0.25, -0.2) is 0 Å². The van der Waals surface area contributed by atoms with Gasteiger partial charge in [-0.05, 0) is 35.7 Å². The van der Waals surface area contributed by atoms with Crippen molar-refractivity contribution in [3.8, 4) is 11.1 Å². The van der Waals surface area contributed by atoms with E-state index in [1.165, 1.54) is 0 Å². The highest BCUT2D eigenvalue weighted by atomic mass is 16.2. The van der Waals surface area contributed by atoms with E-state index in [-0.39, 0.29) is 0 Å². The quantitative estimate of drug-likeness (QED) is 0.651. The van der Waals surface area contributed by atoms with Crippen molar-refractivity contribution in [3.63, 3.8) is 0 Å². The maximum Gasteiger partial charge on any atom is 0.313 e. The Kier molecular flexibility index (Phi) is 6.29. The molecule has 29 heavy (non-hydrogen) atoms. The summed E-state index contributed by atoms with van der Waals surface area (Å²) < 4.78 is 0. The predicted molar refractivity (Wildman–Crippen MR) is 118 cm³/mol. The van der Waals surface area contributed by atoms with E-state index in [1.54, 1.807) is 0 Å². The molecule has 3 aromatic rings. The number of amides is 2. The molecule has 0 unspecified atom stereocenters. The largest absolute Gasteiger partial charge is 0.378 e. The lowest BCUT2D eigenvalue weighted by atomic mass is 9.99. The lowest BCUT2D eigenvalue weighted by molar-refractivity contribution is -0.136. The fourth-order valence-electron chi connectivity index (χ4n) is 3.07. The number of rotatable bonds is 5. The van der Waals surface area contributed by atoms with Crippen LogP contribution >= 0.6 is 0 Å². The summed E-state index contributed by atoms with van der Waals surface area (Å²) in [7, 11) is 3.94.